The van der Waals surface area contributed by atoms with Gasteiger partial charge < -0.3 is 9.72 Å². The second-order valence-electron chi connectivity index (χ2n) is 4.16. The molecule has 1 aromatic carbocycles. The number of nitrogens with one attached hydrogen (secondary N) is 1. The molecular weight excluding hydrogens is 287 g/mol. The molecule has 0 saturated heterocycles. The molecule has 0 atom stereocenters. The number of ether oxygens (including phenoxy) is 1. The summed E-state index contributed by atoms with van der Waals surface area (Å²) in [7, 11) is 0. The largest absolute Gasteiger partial charge is 0.573 e. The summed E-state index contributed by atoms with van der Waals surface area (Å²) in [6.07, 6.45) is -3.40. The maximum atomic E-state index is 12.4. The van der Waals surface area contributed by atoms with Crippen LogP contribution in [0.4, 0.5) is 13.2 Å². The summed E-state index contributed by atoms with van der Waals surface area (Å²) >= 11 is 0. The molecule has 3 rings (SSSR count). The van der Waals surface area contributed by atoms with E-state index in [-0.39, 0.29) is 11.3 Å². The van der Waals surface area contributed by atoms with Gasteiger partial charge >= 0.3 is 12.1 Å². The smallest absolute Gasteiger partial charge is 0.404 e. The topological polar surface area (TPSA) is 59.9 Å². The Kier molecular flexibility index (Phi) is 2.93. The van der Waals surface area contributed by atoms with Crippen LogP contribution in [0, 0.1) is 0 Å². The van der Waals surface area contributed by atoms with Gasteiger partial charge in [0.25, 0.3) is 0 Å². The third-order valence-electron chi connectivity index (χ3n) is 2.78. The minimum absolute atomic E-state index is 0.0372. The average molecular weight is 295 g/mol. The lowest BCUT2D eigenvalue weighted by Gasteiger charge is -2.13. The van der Waals surface area contributed by atoms with Gasteiger partial charge in [0.05, 0.1) is 11.2 Å². The predicted octanol–water partition coefficient (Wildman–Crippen LogP) is 2.61. The van der Waals surface area contributed by atoms with Crippen molar-refractivity contribution < 1.29 is 17.9 Å². The molecule has 0 spiro atoms. The molecule has 5 nitrogen and oxygen atoms in total. The summed E-state index contributed by atoms with van der Waals surface area (Å²) in [6, 6.07) is 8.60. The van der Waals surface area contributed by atoms with Crippen molar-refractivity contribution in [3.8, 4) is 11.4 Å². The van der Waals surface area contributed by atoms with Crippen molar-refractivity contribution in [1.29, 1.82) is 0 Å². The zero-order valence-corrected chi connectivity index (χ0v) is 10.4. The molecule has 0 saturated carbocycles. The van der Waals surface area contributed by atoms with Crippen LogP contribution < -0.4 is 10.4 Å². The molecule has 3 aromatic rings. The number of rotatable bonds is 2. The van der Waals surface area contributed by atoms with E-state index in [0.717, 1.165) is 10.6 Å². The normalized spacial score (nSPS) is 11.8. The van der Waals surface area contributed by atoms with Crippen LogP contribution in [0.1, 0.15) is 0 Å². The van der Waals surface area contributed by atoms with Crippen LogP contribution in [-0.4, -0.2) is 20.9 Å². The second kappa shape index (κ2) is 4.65. The van der Waals surface area contributed by atoms with E-state index in [1.54, 1.807) is 12.1 Å². The number of halogens is 3. The first-order valence-corrected chi connectivity index (χ1v) is 5.86. The van der Waals surface area contributed by atoms with E-state index in [1.807, 2.05) is 0 Å². The minimum Gasteiger partial charge on any atom is -0.404 e. The fraction of sp³-hybridized carbons (Fsp3) is 0.0769. The van der Waals surface area contributed by atoms with Crippen LogP contribution in [-0.2, 0) is 0 Å². The highest BCUT2D eigenvalue weighted by atomic mass is 19.4. The maximum absolute atomic E-state index is 12.4. The first-order valence-electron chi connectivity index (χ1n) is 5.86. The number of nitrogens with zero attached hydrogens (tertiary/aromatic N) is 2. The second-order valence-corrected chi connectivity index (χ2v) is 4.16. The van der Waals surface area contributed by atoms with Gasteiger partial charge in [0, 0.05) is 6.20 Å². The zero-order chi connectivity index (χ0) is 15.0. The van der Waals surface area contributed by atoms with Crippen LogP contribution in [0.3, 0.4) is 0 Å². The molecular formula is C13H8F3N3O2. The molecule has 0 fully saturated rings. The number of para-hydroxylation sites is 2. The van der Waals surface area contributed by atoms with E-state index < -0.39 is 17.8 Å². The summed E-state index contributed by atoms with van der Waals surface area (Å²) in [6.45, 7) is 0. The Balaban J connectivity index is 2.24. The van der Waals surface area contributed by atoms with E-state index in [1.165, 1.54) is 24.4 Å². The highest BCUT2D eigenvalue weighted by Crippen LogP contribution is 2.29. The average Bonchev–Trinajstić information content (AvgIpc) is 2.73. The fourth-order valence-electron chi connectivity index (χ4n) is 2.02. The van der Waals surface area contributed by atoms with Gasteiger partial charge in [-0.2, -0.15) is 0 Å². The summed E-state index contributed by atoms with van der Waals surface area (Å²) in [5.41, 5.74) is 0.0109. The molecule has 2 aromatic heterocycles. The SMILES string of the molecule is O=c1[nH]c2cccnc2n1-c1ccccc1OC(F)(F)F. The van der Waals surface area contributed by atoms with E-state index in [0.29, 0.717) is 5.52 Å². The van der Waals surface area contributed by atoms with Gasteiger partial charge in [-0.25, -0.2) is 14.3 Å². The molecule has 0 aliphatic carbocycles. The van der Waals surface area contributed by atoms with Crippen molar-refractivity contribution in [3.63, 3.8) is 0 Å². The van der Waals surface area contributed by atoms with Crippen LogP contribution >= 0.6 is 0 Å². The lowest BCUT2D eigenvalue weighted by atomic mass is 10.3. The molecule has 0 aliphatic rings. The lowest BCUT2D eigenvalue weighted by molar-refractivity contribution is -0.274. The van der Waals surface area contributed by atoms with Crippen LogP contribution in [0.25, 0.3) is 16.9 Å². The Hall–Kier alpha value is -2.77. The fourth-order valence-corrected chi connectivity index (χ4v) is 2.02. The molecule has 8 heteroatoms. The van der Waals surface area contributed by atoms with E-state index >= 15 is 0 Å². The summed E-state index contributed by atoms with van der Waals surface area (Å²) < 4.78 is 42.3. The standard InChI is InChI=1S/C13H8F3N3O2/c14-13(15,16)21-10-6-2-1-5-9(10)19-11-8(18-12(19)20)4-3-7-17-11/h1-7H,(H,18,20). The van der Waals surface area contributed by atoms with Gasteiger partial charge in [-0.3, -0.25) is 0 Å². The number of benzene rings is 1. The summed E-state index contributed by atoms with van der Waals surface area (Å²) in [5.74, 6) is -0.473. The molecule has 21 heavy (non-hydrogen) atoms. The van der Waals surface area contributed by atoms with Crippen molar-refractivity contribution in [2.45, 2.75) is 6.36 Å². The van der Waals surface area contributed by atoms with Gasteiger partial charge in [-0.05, 0) is 24.3 Å². The Bertz CT molecular complexity index is 851. The van der Waals surface area contributed by atoms with Crippen LogP contribution in [0.2, 0.25) is 0 Å². The molecule has 0 bridgehead atoms. The number of hydrogen-bond acceptors (Lipinski definition) is 3. The highest BCUT2D eigenvalue weighted by Gasteiger charge is 2.32. The van der Waals surface area contributed by atoms with E-state index in [9.17, 15) is 18.0 Å². The van der Waals surface area contributed by atoms with Crippen LogP contribution in [0.15, 0.2) is 47.4 Å². The van der Waals surface area contributed by atoms with Gasteiger partial charge in [0.15, 0.2) is 11.4 Å². The first-order chi connectivity index (χ1) is 9.96. The highest BCUT2D eigenvalue weighted by molar-refractivity contribution is 5.73. The van der Waals surface area contributed by atoms with Crippen molar-refractivity contribution >= 4 is 11.2 Å². The minimum atomic E-state index is -4.85. The van der Waals surface area contributed by atoms with E-state index in [4.69, 9.17) is 0 Å². The van der Waals surface area contributed by atoms with Crippen molar-refractivity contribution in [1.82, 2.24) is 14.5 Å². The molecule has 0 aliphatic heterocycles. The third-order valence-corrected chi connectivity index (χ3v) is 2.78. The Morgan fingerprint density at radius 3 is 2.67 bits per heavy atom. The number of fused-ring (bicyclic) bond motifs is 1. The summed E-state index contributed by atoms with van der Waals surface area (Å²) in [4.78, 5) is 18.5. The third kappa shape index (κ3) is 2.47. The van der Waals surface area contributed by atoms with Gasteiger partial charge in [0.2, 0.25) is 0 Å². The molecule has 0 unspecified atom stereocenters. The molecule has 0 radical (unpaired) electrons. The number of hydrogen-bond donors (Lipinski definition) is 1. The van der Waals surface area contributed by atoms with Crippen LogP contribution in [0.5, 0.6) is 5.75 Å². The van der Waals surface area contributed by atoms with Gasteiger partial charge in [-0.15, -0.1) is 13.2 Å². The molecule has 1 N–H and O–H groups in total. The summed E-state index contributed by atoms with van der Waals surface area (Å²) in [5, 5.41) is 0. The number of pyridine rings is 1. The monoisotopic (exact) mass is 295 g/mol. The number of H-pyrrole nitrogens is 1. The number of alkyl halides is 3. The quantitative estimate of drug-likeness (QED) is 0.790. The lowest BCUT2D eigenvalue weighted by Crippen LogP contribution is -2.21. The van der Waals surface area contributed by atoms with Gasteiger partial charge in [0.1, 0.15) is 0 Å². The van der Waals surface area contributed by atoms with Gasteiger partial charge in [-0.1, -0.05) is 12.1 Å². The molecule has 2 heterocycles. The molecule has 108 valence electrons. The van der Waals surface area contributed by atoms with Crippen molar-refractivity contribution in [2.24, 2.45) is 0 Å². The first kappa shape index (κ1) is 13.2. The number of aromatic amines is 1. The van der Waals surface area contributed by atoms with Crippen molar-refractivity contribution in [2.75, 3.05) is 0 Å². The molecule has 0 amide bonds. The predicted molar refractivity (Wildman–Crippen MR) is 68.4 cm³/mol. The van der Waals surface area contributed by atoms with Crippen molar-refractivity contribution in [3.05, 3.63) is 53.1 Å². The number of aromatic nitrogens is 3. The Labute approximate surface area is 115 Å². The zero-order valence-electron chi connectivity index (χ0n) is 10.4. The maximum Gasteiger partial charge on any atom is 0.573 e. The van der Waals surface area contributed by atoms with E-state index in [2.05, 4.69) is 14.7 Å². The Morgan fingerprint density at radius 1 is 1.14 bits per heavy atom. The number of imidazole rings is 1. The Morgan fingerprint density at radius 2 is 1.90 bits per heavy atom.